The van der Waals surface area contributed by atoms with Crippen LogP contribution in [-0.2, 0) is 0 Å². The molecule has 0 spiro atoms. The van der Waals surface area contributed by atoms with Gasteiger partial charge >= 0.3 is 0 Å². The van der Waals surface area contributed by atoms with Crippen LogP contribution in [0.5, 0.6) is 0 Å². The molecule has 0 radical (unpaired) electrons. The Morgan fingerprint density at radius 1 is 0.762 bits per heavy atom. The van der Waals surface area contributed by atoms with E-state index in [0.29, 0.717) is 11.6 Å². The summed E-state index contributed by atoms with van der Waals surface area (Å²) in [7, 11) is 0. The quantitative estimate of drug-likeness (QED) is 0.773. The second-order valence-corrected chi connectivity index (χ2v) is 5.12. The minimum Gasteiger partial charge on any atom is -0.368 e. The van der Waals surface area contributed by atoms with Crippen LogP contribution in [0.25, 0.3) is 11.6 Å². The van der Waals surface area contributed by atoms with Gasteiger partial charge in [0.1, 0.15) is 0 Å². The number of aryl methyl sites for hydroxylation is 4. The zero-order valence-electron chi connectivity index (χ0n) is 12.5. The zero-order chi connectivity index (χ0) is 15.1. The minimum atomic E-state index is 0.197. The van der Waals surface area contributed by atoms with Crippen LogP contribution in [0.1, 0.15) is 22.8 Å². The lowest BCUT2D eigenvalue weighted by Gasteiger charge is -2.08. The van der Waals surface area contributed by atoms with Gasteiger partial charge in [-0.1, -0.05) is 0 Å². The van der Waals surface area contributed by atoms with Gasteiger partial charge in [-0.2, -0.15) is 20.2 Å². The fraction of sp³-hybridized carbons (Fsp3) is 0.286. The Morgan fingerprint density at radius 3 is 1.52 bits per heavy atom. The van der Waals surface area contributed by atoms with Crippen molar-refractivity contribution in [3.8, 4) is 11.6 Å². The monoisotopic (exact) mass is 283 g/mol. The highest BCUT2D eigenvalue weighted by atomic mass is 15.4. The Hall–Kier alpha value is -2.70. The molecule has 0 amide bonds. The van der Waals surface area contributed by atoms with Crippen molar-refractivity contribution in [3.63, 3.8) is 0 Å². The number of rotatable bonds is 2. The summed E-state index contributed by atoms with van der Waals surface area (Å²) in [6, 6.07) is 5.80. The van der Waals surface area contributed by atoms with Crippen molar-refractivity contribution >= 4 is 5.95 Å². The lowest BCUT2D eigenvalue weighted by molar-refractivity contribution is 0.772. The van der Waals surface area contributed by atoms with E-state index in [0.717, 1.165) is 22.8 Å². The summed E-state index contributed by atoms with van der Waals surface area (Å²) in [6.07, 6.45) is 0. The van der Waals surface area contributed by atoms with Crippen LogP contribution >= 0.6 is 0 Å². The molecule has 0 atom stereocenters. The third-order valence-electron chi connectivity index (χ3n) is 3.17. The van der Waals surface area contributed by atoms with Gasteiger partial charge in [0, 0.05) is 17.5 Å². The number of anilines is 1. The average molecular weight is 283 g/mol. The topological polar surface area (TPSA) is 87.4 Å². The summed E-state index contributed by atoms with van der Waals surface area (Å²) < 4.78 is 3.51. The first-order valence-electron chi connectivity index (χ1n) is 6.66. The van der Waals surface area contributed by atoms with Crippen LogP contribution in [0.2, 0.25) is 0 Å². The molecule has 0 aliphatic rings. The summed E-state index contributed by atoms with van der Waals surface area (Å²) in [6.45, 7) is 7.83. The molecule has 3 aromatic heterocycles. The first-order chi connectivity index (χ1) is 9.94. The highest BCUT2D eigenvalue weighted by Crippen LogP contribution is 2.16. The Bertz CT molecular complexity index is 748. The average Bonchev–Trinajstić information content (AvgIpc) is 2.90. The van der Waals surface area contributed by atoms with E-state index in [9.17, 15) is 0 Å². The Labute approximate surface area is 122 Å². The SMILES string of the molecule is Cc1cc(C)n(-c2cc(-n3nc(C)cc3C)nc(N)n2)n1. The van der Waals surface area contributed by atoms with E-state index in [-0.39, 0.29) is 5.95 Å². The molecule has 7 nitrogen and oxygen atoms in total. The number of nitrogens with zero attached hydrogens (tertiary/aromatic N) is 6. The van der Waals surface area contributed by atoms with E-state index < -0.39 is 0 Å². The summed E-state index contributed by atoms with van der Waals surface area (Å²) in [5.74, 6) is 1.47. The molecule has 2 N–H and O–H groups in total. The largest absolute Gasteiger partial charge is 0.368 e. The predicted octanol–water partition coefficient (Wildman–Crippen LogP) is 1.66. The zero-order valence-corrected chi connectivity index (χ0v) is 12.5. The molecule has 3 aromatic rings. The smallest absolute Gasteiger partial charge is 0.224 e. The standard InChI is InChI=1S/C14H17N7/c1-8-5-10(3)20(18-8)12-7-13(17-14(15)16-12)21-11(4)6-9(2)19-21/h5-7H,1-4H3,(H2,15,16,17). The van der Waals surface area contributed by atoms with E-state index in [1.807, 2.05) is 45.9 Å². The van der Waals surface area contributed by atoms with Crippen molar-refractivity contribution in [3.05, 3.63) is 41.0 Å². The Balaban J connectivity index is 2.17. The molecule has 0 unspecified atom stereocenters. The summed E-state index contributed by atoms with van der Waals surface area (Å²) in [5, 5.41) is 8.85. The first kappa shape index (κ1) is 13.3. The van der Waals surface area contributed by atoms with Crippen molar-refractivity contribution in [1.29, 1.82) is 0 Å². The Kier molecular flexibility index (Phi) is 2.97. The van der Waals surface area contributed by atoms with Crippen molar-refractivity contribution in [2.24, 2.45) is 0 Å². The van der Waals surface area contributed by atoms with Crippen LogP contribution in [0.3, 0.4) is 0 Å². The molecule has 0 bridgehead atoms. The van der Waals surface area contributed by atoms with Gasteiger partial charge in [-0.3, -0.25) is 0 Å². The molecular formula is C14H17N7. The molecular weight excluding hydrogens is 266 g/mol. The second kappa shape index (κ2) is 4.69. The van der Waals surface area contributed by atoms with Gasteiger partial charge in [0.05, 0.1) is 11.4 Å². The lowest BCUT2D eigenvalue weighted by atomic mass is 10.4. The number of hydrogen-bond acceptors (Lipinski definition) is 5. The van der Waals surface area contributed by atoms with E-state index in [4.69, 9.17) is 5.73 Å². The van der Waals surface area contributed by atoms with E-state index in [2.05, 4.69) is 20.2 Å². The Morgan fingerprint density at radius 2 is 1.19 bits per heavy atom. The van der Waals surface area contributed by atoms with E-state index >= 15 is 0 Å². The maximum absolute atomic E-state index is 5.84. The van der Waals surface area contributed by atoms with Gasteiger partial charge in [0.25, 0.3) is 0 Å². The summed E-state index contributed by atoms with van der Waals surface area (Å²) >= 11 is 0. The van der Waals surface area contributed by atoms with Gasteiger partial charge in [0.2, 0.25) is 5.95 Å². The fourth-order valence-electron chi connectivity index (χ4n) is 2.38. The highest BCUT2D eigenvalue weighted by Gasteiger charge is 2.12. The number of aromatic nitrogens is 6. The van der Waals surface area contributed by atoms with Crippen LogP contribution in [0, 0.1) is 27.7 Å². The molecule has 0 saturated carbocycles. The summed E-state index contributed by atoms with van der Waals surface area (Å²) in [4.78, 5) is 8.53. The maximum Gasteiger partial charge on any atom is 0.224 e. The first-order valence-corrected chi connectivity index (χ1v) is 6.66. The minimum absolute atomic E-state index is 0.197. The second-order valence-electron chi connectivity index (χ2n) is 5.12. The van der Waals surface area contributed by atoms with Gasteiger partial charge in [-0.25, -0.2) is 9.36 Å². The molecule has 3 heterocycles. The number of hydrogen-bond donors (Lipinski definition) is 1. The van der Waals surface area contributed by atoms with Crippen molar-refractivity contribution in [2.45, 2.75) is 27.7 Å². The van der Waals surface area contributed by atoms with Gasteiger partial charge < -0.3 is 5.73 Å². The van der Waals surface area contributed by atoms with Crippen LogP contribution in [-0.4, -0.2) is 29.5 Å². The van der Waals surface area contributed by atoms with Crippen LogP contribution < -0.4 is 5.73 Å². The molecule has 108 valence electrons. The fourth-order valence-corrected chi connectivity index (χ4v) is 2.38. The van der Waals surface area contributed by atoms with Gasteiger partial charge in [-0.05, 0) is 39.8 Å². The van der Waals surface area contributed by atoms with Gasteiger partial charge in [-0.15, -0.1) is 0 Å². The van der Waals surface area contributed by atoms with Crippen molar-refractivity contribution in [1.82, 2.24) is 29.5 Å². The third kappa shape index (κ3) is 2.37. The number of nitrogens with two attached hydrogens (primary N) is 1. The molecule has 0 aromatic carbocycles. The van der Waals surface area contributed by atoms with Crippen molar-refractivity contribution < 1.29 is 0 Å². The molecule has 7 heteroatoms. The third-order valence-corrected chi connectivity index (χ3v) is 3.17. The molecule has 3 rings (SSSR count). The van der Waals surface area contributed by atoms with Crippen molar-refractivity contribution in [2.75, 3.05) is 5.73 Å². The van der Waals surface area contributed by atoms with E-state index in [1.165, 1.54) is 0 Å². The normalized spacial score (nSPS) is 11.0. The molecule has 0 aliphatic heterocycles. The summed E-state index contributed by atoms with van der Waals surface area (Å²) in [5.41, 5.74) is 9.68. The lowest BCUT2D eigenvalue weighted by Crippen LogP contribution is -2.10. The highest BCUT2D eigenvalue weighted by molar-refractivity contribution is 5.40. The van der Waals surface area contributed by atoms with Crippen LogP contribution in [0.4, 0.5) is 5.95 Å². The maximum atomic E-state index is 5.84. The molecule has 0 aliphatic carbocycles. The van der Waals surface area contributed by atoms with Gasteiger partial charge in [0.15, 0.2) is 11.6 Å². The number of nitrogen functional groups attached to an aromatic ring is 1. The molecule has 0 fully saturated rings. The van der Waals surface area contributed by atoms with E-state index in [1.54, 1.807) is 9.36 Å². The predicted molar refractivity (Wildman–Crippen MR) is 79.6 cm³/mol. The van der Waals surface area contributed by atoms with Crippen LogP contribution in [0.15, 0.2) is 18.2 Å². The molecule has 21 heavy (non-hydrogen) atoms. The molecule has 0 saturated heterocycles.